The minimum Gasteiger partial charge on any atom is -0.493 e. The van der Waals surface area contributed by atoms with Gasteiger partial charge >= 0.3 is 11.7 Å². The molecule has 0 aromatic heterocycles. The van der Waals surface area contributed by atoms with E-state index in [0.29, 0.717) is 0 Å². The lowest BCUT2D eigenvalue weighted by Gasteiger charge is -2.17. The summed E-state index contributed by atoms with van der Waals surface area (Å²) in [6.07, 6.45) is 3.37. The van der Waals surface area contributed by atoms with Crippen molar-refractivity contribution in [2.24, 2.45) is 0 Å². The molecule has 1 N–H and O–H groups in total. The van der Waals surface area contributed by atoms with Gasteiger partial charge in [0.1, 0.15) is 0 Å². The van der Waals surface area contributed by atoms with Gasteiger partial charge in [-0.05, 0) is 24.8 Å². The quantitative estimate of drug-likeness (QED) is 0.662. The van der Waals surface area contributed by atoms with E-state index in [9.17, 15) is 20.0 Å². The molecule has 7 heteroatoms. The Hall–Kier alpha value is -2.31. The normalized spacial score (nSPS) is 15.0. The van der Waals surface area contributed by atoms with E-state index in [0.717, 1.165) is 25.7 Å². The first-order chi connectivity index (χ1) is 10.0. The van der Waals surface area contributed by atoms with E-state index >= 15 is 0 Å². The van der Waals surface area contributed by atoms with Gasteiger partial charge in [0.25, 0.3) is 0 Å². The number of hydrogen-bond acceptors (Lipinski definition) is 5. The van der Waals surface area contributed by atoms with Gasteiger partial charge in [0, 0.05) is 0 Å². The van der Waals surface area contributed by atoms with E-state index in [-0.39, 0.29) is 34.2 Å². The summed E-state index contributed by atoms with van der Waals surface area (Å²) >= 11 is 0. The third-order valence-electron chi connectivity index (χ3n) is 3.86. The van der Waals surface area contributed by atoms with Gasteiger partial charge in [-0.15, -0.1) is 0 Å². The number of nitro groups is 1. The van der Waals surface area contributed by atoms with Crippen LogP contribution in [0.5, 0.6) is 11.5 Å². The topological polar surface area (TPSA) is 98.9 Å². The molecule has 2 rings (SSSR count). The van der Waals surface area contributed by atoms with Crippen LogP contribution in [0.2, 0.25) is 0 Å². The second kappa shape index (κ2) is 5.99. The SMILES string of the molecule is COc1cc(C(=O)O)c(C2CCCC2)c([N+](=O)[O-])c1OC. The summed E-state index contributed by atoms with van der Waals surface area (Å²) in [5.74, 6) is -1.28. The second-order valence-corrected chi connectivity index (χ2v) is 4.97. The number of hydrogen-bond donors (Lipinski definition) is 1. The van der Waals surface area contributed by atoms with Crippen molar-refractivity contribution >= 4 is 11.7 Å². The Bertz CT molecular complexity index is 577. The lowest BCUT2D eigenvalue weighted by molar-refractivity contribution is -0.386. The standard InChI is InChI=1S/C14H17NO6/c1-20-10-7-9(14(16)17)11(8-5-3-4-6-8)12(15(18)19)13(10)21-2/h7-8H,3-6H2,1-2H3,(H,16,17). The van der Waals surface area contributed by atoms with Crippen LogP contribution in [0, 0.1) is 10.1 Å². The van der Waals surface area contributed by atoms with Gasteiger partial charge in [-0.25, -0.2) is 4.79 Å². The van der Waals surface area contributed by atoms with E-state index in [1.54, 1.807) is 0 Å². The van der Waals surface area contributed by atoms with Gasteiger partial charge in [0.15, 0.2) is 5.75 Å². The molecule has 0 aliphatic heterocycles. The molecule has 1 saturated carbocycles. The second-order valence-electron chi connectivity index (χ2n) is 4.97. The maximum atomic E-state index is 11.5. The number of nitro benzene ring substituents is 1. The predicted octanol–water partition coefficient (Wildman–Crippen LogP) is 2.97. The number of nitrogens with zero attached hydrogens (tertiary/aromatic N) is 1. The fraction of sp³-hybridized carbons (Fsp3) is 0.500. The highest BCUT2D eigenvalue weighted by Gasteiger charge is 2.36. The third kappa shape index (κ3) is 2.63. The van der Waals surface area contributed by atoms with Gasteiger partial charge in [0.05, 0.1) is 30.3 Å². The van der Waals surface area contributed by atoms with Crippen LogP contribution in [0.3, 0.4) is 0 Å². The molecule has 1 aliphatic carbocycles. The lowest BCUT2D eigenvalue weighted by Crippen LogP contribution is -2.11. The Morgan fingerprint density at radius 3 is 2.38 bits per heavy atom. The van der Waals surface area contributed by atoms with Crippen molar-refractivity contribution in [1.82, 2.24) is 0 Å². The van der Waals surface area contributed by atoms with Gasteiger partial charge < -0.3 is 14.6 Å². The number of methoxy groups -OCH3 is 2. The molecule has 1 aliphatic rings. The van der Waals surface area contributed by atoms with Crippen molar-refractivity contribution in [1.29, 1.82) is 0 Å². The number of rotatable bonds is 5. The monoisotopic (exact) mass is 295 g/mol. The zero-order valence-corrected chi connectivity index (χ0v) is 11.9. The van der Waals surface area contributed by atoms with Crippen LogP contribution in [0.1, 0.15) is 47.5 Å². The van der Waals surface area contributed by atoms with Gasteiger partial charge in [-0.2, -0.15) is 0 Å². The molecule has 0 heterocycles. The molecule has 0 radical (unpaired) electrons. The molecule has 7 nitrogen and oxygen atoms in total. The van der Waals surface area contributed by atoms with Crippen LogP contribution >= 0.6 is 0 Å². The summed E-state index contributed by atoms with van der Waals surface area (Å²) in [6.45, 7) is 0. The lowest BCUT2D eigenvalue weighted by atomic mass is 9.90. The van der Waals surface area contributed by atoms with Crippen molar-refractivity contribution in [3.05, 3.63) is 27.3 Å². The number of ether oxygens (including phenoxy) is 2. The van der Waals surface area contributed by atoms with Crippen molar-refractivity contribution in [2.75, 3.05) is 14.2 Å². The number of carboxylic acids is 1. The molecular weight excluding hydrogens is 278 g/mol. The van der Waals surface area contributed by atoms with Crippen molar-refractivity contribution < 1.29 is 24.3 Å². The Balaban J connectivity index is 2.79. The average Bonchev–Trinajstić information content (AvgIpc) is 2.98. The summed E-state index contributed by atoms with van der Waals surface area (Å²) in [5.41, 5.74) is -0.116. The minimum atomic E-state index is -1.19. The average molecular weight is 295 g/mol. The Kier molecular flexibility index (Phi) is 4.30. The van der Waals surface area contributed by atoms with Crippen LogP contribution in [0.4, 0.5) is 5.69 Å². The van der Waals surface area contributed by atoms with Crippen LogP contribution in [0.25, 0.3) is 0 Å². The summed E-state index contributed by atoms with van der Waals surface area (Å²) in [4.78, 5) is 22.4. The molecular formula is C14H17NO6. The first-order valence-corrected chi connectivity index (χ1v) is 6.67. The fourth-order valence-electron chi connectivity index (χ4n) is 2.98. The molecule has 1 fully saturated rings. The molecule has 0 atom stereocenters. The predicted molar refractivity (Wildman–Crippen MR) is 74.4 cm³/mol. The molecule has 0 unspecified atom stereocenters. The molecule has 21 heavy (non-hydrogen) atoms. The van der Waals surface area contributed by atoms with E-state index in [1.807, 2.05) is 0 Å². The molecule has 0 saturated heterocycles. The van der Waals surface area contributed by atoms with Crippen LogP contribution in [0.15, 0.2) is 6.07 Å². The third-order valence-corrected chi connectivity index (χ3v) is 3.86. The van der Waals surface area contributed by atoms with Crippen LogP contribution < -0.4 is 9.47 Å². The summed E-state index contributed by atoms with van der Waals surface area (Å²) < 4.78 is 10.1. The first-order valence-electron chi connectivity index (χ1n) is 6.67. The minimum absolute atomic E-state index is 0.0191. The van der Waals surface area contributed by atoms with Gasteiger partial charge in [0.2, 0.25) is 5.75 Å². The van der Waals surface area contributed by atoms with Crippen molar-refractivity contribution in [3.8, 4) is 11.5 Å². The summed E-state index contributed by atoms with van der Waals surface area (Å²) in [6, 6.07) is 1.31. The molecule has 1 aromatic carbocycles. The first kappa shape index (κ1) is 15.1. The molecule has 0 amide bonds. The number of carboxylic acid groups (broad SMARTS) is 1. The Labute approximate surface area is 121 Å². The zero-order chi connectivity index (χ0) is 15.6. The number of carbonyl (C=O) groups is 1. The van der Waals surface area contributed by atoms with Gasteiger partial charge in [-0.1, -0.05) is 12.8 Å². The van der Waals surface area contributed by atoms with Crippen LogP contribution in [-0.4, -0.2) is 30.2 Å². The van der Waals surface area contributed by atoms with E-state index in [2.05, 4.69) is 0 Å². The Morgan fingerprint density at radius 1 is 1.33 bits per heavy atom. The van der Waals surface area contributed by atoms with Gasteiger partial charge in [-0.3, -0.25) is 10.1 Å². The van der Waals surface area contributed by atoms with Crippen LogP contribution in [-0.2, 0) is 0 Å². The number of aromatic carboxylic acids is 1. The summed E-state index contributed by atoms with van der Waals surface area (Å²) in [7, 11) is 2.63. The van der Waals surface area contributed by atoms with E-state index in [4.69, 9.17) is 9.47 Å². The zero-order valence-electron chi connectivity index (χ0n) is 11.9. The highest BCUT2D eigenvalue weighted by molar-refractivity contribution is 5.93. The van der Waals surface area contributed by atoms with E-state index in [1.165, 1.54) is 20.3 Å². The molecule has 1 aromatic rings. The Morgan fingerprint density at radius 2 is 1.95 bits per heavy atom. The van der Waals surface area contributed by atoms with Crippen molar-refractivity contribution in [3.63, 3.8) is 0 Å². The maximum Gasteiger partial charge on any atom is 0.336 e. The molecule has 114 valence electrons. The van der Waals surface area contributed by atoms with Crippen molar-refractivity contribution in [2.45, 2.75) is 31.6 Å². The fourth-order valence-corrected chi connectivity index (χ4v) is 2.98. The highest BCUT2D eigenvalue weighted by Crippen LogP contribution is 2.48. The summed E-state index contributed by atoms with van der Waals surface area (Å²) in [5, 5.41) is 20.9. The maximum absolute atomic E-state index is 11.5. The molecule has 0 bridgehead atoms. The van der Waals surface area contributed by atoms with E-state index < -0.39 is 10.9 Å². The molecule has 0 spiro atoms. The number of benzene rings is 1. The highest BCUT2D eigenvalue weighted by atomic mass is 16.6. The largest absolute Gasteiger partial charge is 0.493 e. The smallest absolute Gasteiger partial charge is 0.336 e.